The van der Waals surface area contributed by atoms with Gasteiger partial charge in [0.25, 0.3) is 0 Å². The van der Waals surface area contributed by atoms with Gasteiger partial charge in [-0.1, -0.05) is 0 Å². The van der Waals surface area contributed by atoms with Crippen LogP contribution in [0.5, 0.6) is 0 Å². The Morgan fingerprint density at radius 3 is 2.53 bits per heavy atom. The molecule has 1 aliphatic rings. The molecular weight excluding hydrogens is 253 g/mol. The Morgan fingerprint density at radius 2 is 2.00 bits per heavy atom. The Balaban J connectivity index is 2.07. The van der Waals surface area contributed by atoms with Crippen LogP contribution < -0.4 is 0 Å². The summed E-state index contributed by atoms with van der Waals surface area (Å²) in [5.41, 5.74) is 0.480. The molecular formula is C10H13F3N2OS. The van der Waals surface area contributed by atoms with Crippen molar-refractivity contribution in [1.82, 2.24) is 9.88 Å². The lowest BCUT2D eigenvalue weighted by atomic mass is 10.3. The third-order valence-electron chi connectivity index (χ3n) is 2.61. The molecule has 0 radical (unpaired) electrons. The standard InChI is InChI=1S/C10H13F3N2OS/c1-7-8(6-15-2-4-16-5-3-15)17-9(14-7)10(11,12)13/h2-6H2,1H3. The molecule has 0 aromatic carbocycles. The minimum atomic E-state index is -4.33. The molecule has 0 saturated carbocycles. The van der Waals surface area contributed by atoms with E-state index in [-0.39, 0.29) is 0 Å². The van der Waals surface area contributed by atoms with Crippen LogP contribution in [-0.4, -0.2) is 36.2 Å². The summed E-state index contributed by atoms with van der Waals surface area (Å²) in [6.07, 6.45) is -4.33. The van der Waals surface area contributed by atoms with Gasteiger partial charge >= 0.3 is 6.18 Å². The van der Waals surface area contributed by atoms with Crippen LogP contribution in [0.15, 0.2) is 0 Å². The van der Waals surface area contributed by atoms with Crippen molar-refractivity contribution in [2.24, 2.45) is 0 Å². The SMILES string of the molecule is Cc1nc(C(F)(F)F)sc1CN1CCOCC1. The van der Waals surface area contributed by atoms with E-state index in [2.05, 4.69) is 9.88 Å². The minimum absolute atomic E-state index is 0.480. The summed E-state index contributed by atoms with van der Waals surface area (Å²) in [4.78, 5) is 6.36. The van der Waals surface area contributed by atoms with Crippen LogP contribution in [0.2, 0.25) is 0 Å². The fraction of sp³-hybridized carbons (Fsp3) is 0.700. The fourth-order valence-electron chi connectivity index (χ4n) is 1.66. The van der Waals surface area contributed by atoms with Gasteiger partial charge in [0, 0.05) is 24.5 Å². The third-order valence-corrected chi connectivity index (χ3v) is 3.79. The molecule has 2 heterocycles. The first-order valence-corrected chi connectivity index (χ1v) is 6.12. The number of thiazole rings is 1. The molecule has 7 heteroatoms. The molecule has 1 saturated heterocycles. The zero-order chi connectivity index (χ0) is 12.5. The van der Waals surface area contributed by atoms with Crippen LogP contribution in [0.1, 0.15) is 15.6 Å². The molecule has 17 heavy (non-hydrogen) atoms. The average molecular weight is 266 g/mol. The van der Waals surface area contributed by atoms with Crippen LogP contribution in [0, 0.1) is 6.92 Å². The first-order valence-electron chi connectivity index (χ1n) is 5.30. The monoisotopic (exact) mass is 266 g/mol. The number of hydrogen-bond donors (Lipinski definition) is 0. The number of hydrogen-bond acceptors (Lipinski definition) is 4. The Hall–Kier alpha value is -0.660. The highest BCUT2D eigenvalue weighted by molar-refractivity contribution is 7.11. The number of morpholine rings is 1. The van der Waals surface area contributed by atoms with E-state index in [1.807, 2.05) is 0 Å². The first kappa shape index (κ1) is 12.8. The molecule has 0 N–H and O–H groups in total. The molecule has 1 aliphatic heterocycles. The Bertz CT molecular complexity index is 385. The number of ether oxygens (including phenoxy) is 1. The van der Waals surface area contributed by atoms with Gasteiger partial charge in [0.2, 0.25) is 0 Å². The second-order valence-corrected chi connectivity index (χ2v) is 5.00. The first-order chi connectivity index (χ1) is 7.97. The third kappa shape index (κ3) is 3.17. The second kappa shape index (κ2) is 4.91. The highest BCUT2D eigenvalue weighted by atomic mass is 32.1. The smallest absolute Gasteiger partial charge is 0.379 e. The zero-order valence-corrected chi connectivity index (χ0v) is 10.2. The maximum absolute atomic E-state index is 12.5. The van der Waals surface area contributed by atoms with E-state index in [4.69, 9.17) is 4.74 Å². The molecule has 0 amide bonds. The van der Waals surface area contributed by atoms with Gasteiger partial charge in [-0.15, -0.1) is 11.3 Å². The van der Waals surface area contributed by atoms with E-state index < -0.39 is 11.2 Å². The van der Waals surface area contributed by atoms with Gasteiger partial charge in [0.1, 0.15) is 0 Å². The molecule has 0 unspecified atom stereocenters. The number of aromatic nitrogens is 1. The molecule has 1 aromatic heterocycles. The van der Waals surface area contributed by atoms with Crippen molar-refractivity contribution in [1.29, 1.82) is 0 Å². The summed E-state index contributed by atoms with van der Waals surface area (Å²) < 4.78 is 42.6. The van der Waals surface area contributed by atoms with Crippen molar-refractivity contribution >= 4 is 11.3 Å². The van der Waals surface area contributed by atoms with Gasteiger partial charge < -0.3 is 4.74 Å². The molecule has 1 aromatic rings. The maximum Gasteiger partial charge on any atom is 0.443 e. The summed E-state index contributed by atoms with van der Waals surface area (Å²) in [6.45, 7) is 4.97. The van der Waals surface area contributed by atoms with Gasteiger partial charge in [0.05, 0.1) is 18.9 Å². The minimum Gasteiger partial charge on any atom is -0.379 e. The van der Waals surface area contributed by atoms with Gasteiger partial charge in [-0.3, -0.25) is 4.90 Å². The highest BCUT2D eigenvalue weighted by Crippen LogP contribution is 2.34. The summed E-state index contributed by atoms with van der Waals surface area (Å²) in [6, 6.07) is 0. The predicted molar refractivity (Wildman–Crippen MR) is 57.9 cm³/mol. The quantitative estimate of drug-likeness (QED) is 0.821. The molecule has 3 nitrogen and oxygen atoms in total. The highest BCUT2D eigenvalue weighted by Gasteiger charge is 2.35. The largest absolute Gasteiger partial charge is 0.443 e. The van der Waals surface area contributed by atoms with Crippen molar-refractivity contribution in [2.45, 2.75) is 19.6 Å². The van der Waals surface area contributed by atoms with Crippen molar-refractivity contribution in [3.05, 3.63) is 15.6 Å². The van der Waals surface area contributed by atoms with Gasteiger partial charge in [0.15, 0.2) is 5.01 Å². The van der Waals surface area contributed by atoms with E-state index in [1.165, 1.54) is 0 Å². The van der Waals surface area contributed by atoms with Crippen LogP contribution >= 0.6 is 11.3 Å². The van der Waals surface area contributed by atoms with Gasteiger partial charge in [-0.05, 0) is 6.92 Å². The number of halogens is 3. The Kier molecular flexibility index (Phi) is 3.70. The second-order valence-electron chi connectivity index (χ2n) is 3.91. The number of alkyl halides is 3. The molecule has 96 valence electrons. The maximum atomic E-state index is 12.5. The van der Waals surface area contributed by atoms with Crippen molar-refractivity contribution in [2.75, 3.05) is 26.3 Å². The van der Waals surface area contributed by atoms with E-state index in [0.29, 0.717) is 30.3 Å². The van der Waals surface area contributed by atoms with Crippen molar-refractivity contribution < 1.29 is 17.9 Å². The van der Waals surface area contributed by atoms with Gasteiger partial charge in [-0.2, -0.15) is 13.2 Å². The van der Waals surface area contributed by atoms with E-state index >= 15 is 0 Å². The van der Waals surface area contributed by atoms with Crippen LogP contribution in [0.3, 0.4) is 0 Å². The fourth-order valence-corrected chi connectivity index (χ4v) is 2.63. The molecule has 0 spiro atoms. The topological polar surface area (TPSA) is 25.4 Å². The predicted octanol–water partition coefficient (Wildman–Crippen LogP) is 2.30. The van der Waals surface area contributed by atoms with Crippen LogP contribution in [-0.2, 0) is 17.5 Å². The summed E-state index contributed by atoms with van der Waals surface area (Å²) in [5, 5.41) is -0.752. The number of aryl methyl sites for hydroxylation is 1. The van der Waals surface area contributed by atoms with Crippen LogP contribution in [0.25, 0.3) is 0 Å². The summed E-state index contributed by atoms with van der Waals surface area (Å²) in [5.74, 6) is 0. The van der Waals surface area contributed by atoms with Crippen molar-refractivity contribution in [3.8, 4) is 0 Å². The van der Waals surface area contributed by atoms with Gasteiger partial charge in [-0.25, -0.2) is 4.98 Å². The number of rotatable bonds is 2. The summed E-state index contributed by atoms with van der Waals surface area (Å²) in [7, 11) is 0. The normalized spacial score (nSPS) is 18.6. The van der Waals surface area contributed by atoms with E-state index in [1.54, 1.807) is 6.92 Å². The van der Waals surface area contributed by atoms with E-state index in [9.17, 15) is 13.2 Å². The molecule has 1 fully saturated rings. The summed E-state index contributed by atoms with van der Waals surface area (Å²) >= 11 is 0.741. The van der Waals surface area contributed by atoms with Crippen molar-refractivity contribution in [3.63, 3.8) is 0 Å². The zero-order valence-electron chi connectivity index (χ0n) is 9.38. The Labute approximate surface area is 101 Å². The lowest BCUT2D eigenvalue weighted by Gasteiger charge is -2.26. The van der Waals surface area contributed by atoms with E-state index in [0.717, 1.165) is 24.4 Å². The lowest BCUT2D eigenvalue weighted by molar-refractivity contribution is -0.137. The van der Waals surface area contributed by atoms with Crippen LogP contribution in [0.4, 0.5) is 13.2 Å². The molecule has 0 bridgehead atoms. The molecule has 0 aliphatic carbocycles. The number of nitrogens with zero attached hydrogens (tertiary/aromatic N) is 2. The molecule has 0 atom stereocenters. The Morgan fingerprint density at radius 1 is 1.35 bits per heavy atom. The molecule has 2 rings (SSSR count). The lowest BCUT2D eigenvalue weighted by Crippen LogP contribution is -2.35. The average Bonchev–Trinajstić information content (AvgIpc) is 2.62.